The molecule has 2 N–H and O–H groups in total. The van der Waals surface area contributed by atoms with Crippen LogP contribution in [-0.4, -0.2) is 31.7 Å². The zero-order chi connectivity index (χ0) is 20.7. The molecule has 7 nitrogen and oxygen atoms in total. The van der Waals surface area contributed by atoms with Crippen molar-refractivity contribution in [2.45, 2.75) is 45.9 Å². The number of ether oxygens (including phenoxy) is 2. The molecule has 0 amide bonds. The number of nitrogens with zero attached hydrogens (tertiary/aromatic N) is 2. The van der Waals surface area contributed by atoms with Crippen molar-refractivity contribution in [3.05, 3.63) is 41.6 Å². The average Bonchev–Trinajstić information content (AvgIpc) is 3.11. The van der Waals surface area contributed by atoms with Gasteiger partial charge in [-0.3, -0.25) is 4.99 Å². The summed E-state index contributed by atoms with van der Waals surface area (Å²) in [7, 11) is 3.02. The zero-order valence-electron chi connectivity index (χ0n) is 16.7. The van der Waals surface area contributed by atoms with Crippen molar-refractivity contribution in [1.29, 1.82) is 0 Å². The van der Waals surface area contributed by atoms with Crippen LogP contribution in [0.25, 0.3) is 0 Å². The molecule has 2 rings (SSSR count). The molecule has 0 aliphatic carbocycles. The highest BCUT2D eigenvalue weighted by Crippen LogP contribution is 2.29. The van der Waals surface area contributed by atoms with E-state index in [0.717, 1.165) is 11.3 Å². The quantitative estimate of drug-likeness (QED) is 0.551. The van der Waals surface area contributed by atoms with Crippen LogP contribution in [0.1, 0.15) is 38.0 Å². The summed E-state index contributed by atoms with van der Waals surface area (Å²) >= 11 is 0. The molecular weight excluding hydrogens is 370 g/mol. The number of oxazole rings is 1. The Hall–Kier alpha value is -2.84. The van der Waals surface area contributed by atoms with Gasteiger partial charge < -0.3 is 24.5 Å². The summed E-state index contributed by atoms with van der Waals surface area (Å²) in [6.45, 7) is 3.93. The van der Waals surface area contributed by atoms with Crippen molar-refractivity contribution in [3.63, 3.8) is 0 Å². The minimum atomic E-state index is -2.93. The Kier molecular flexibility index (Phi) is 7.19. The van der Waals surface area contributed by atoms with Gasteiger partial charge in [-0.25, -0.2) is 4.98 Å². The SMILES string of the molecule is CN=C(NCc1ccc(OC)c(OC(F)F)c1)NCc1ncc(C(C)(C)C)o1. The van der Waals surface area contributed by atoms with Crippen molar-refractivity contribution in [1.82, 2.24) is 15.6 Å². The van der Waals surface area contributed by atoms with E-state index >= 15 is 0 Å². The van der Waals surface area contributed by atoms with Crippen molar-refractivity contribution in [3.8, 4) is 11.5 Å². The Labute approximate surface area is 163 Å². The molecule has 1 aromatic carbocycles. The van der Waals surface area contributed by atoms with Crippen molar-refractivity contribution in [2.24, 2.45) is 4.99 Å². The van der Waals surface area contributed by atoms with Crippen molar-refractivity contribution < 1.29 is 22.7 Å². The maximum atomic E-state index is 12.5. The molecule has 0 saturated heterocycles. The number of alkyl halides is 2. The largest absolute Gasteiger partial charge is 0.493 e. The lowest BCUT2D eigenvalue weighted by Crippen LogP contribution is -2.36. The zero-order valence-corrected chi connectivity index (χ0v) is 16.7. The Morgan fingerprint density at radius 3 is 2.50 bits per heavy atom. The second-order valence-corrected chi connectivity index (χ2v) is 7.01. The van der Waals surface area contributed by atoms with E-state index in [4.69, 9.17) is 9.15 Å². The minimum absolute atomic E-state index is 0.0192. The molecule has 1 aromatic heterocycles. The summed E-state index contributed by atoms with van der Waals surface area (Å²) in [6, 6.07) is 4.82. The number of hydrogen-bond acceptors (Lipinski definition) is 5. The molecule has 9 heteroatoms. The van der Waals surface area contributed by atoms with Crippen LogP contribution in [0, 0.1) is 0 Å². The molecule has 0 aliphatic heterocycles. The third-order valence-electron chi connectivity index (χ3n) is 3.83. The molecular formula is C19H26F2N4O3. The van der Waals surface area contributed by atoms with Crippen LogP contribution in [0.2, 0.25) is 0 Å². The molecule has 0 saturated carbocycles. The Morgan fingerprint density at radius 2 is 1.93 bits per heavy atom. The summed E-state index contributed by atoms with van der Waals surface area (Å²) in [5, 5.41) is 6.19. The molecule has 0 bridgehead atoms. The van der Waals surface area contributed by atoms with Gasteiger partial charge >= 0.3 is 6.61 Å². The van der Waals surface area contributed by atoms with Gasteiger partial charge in [0.05, 0.1) is 19.9 Å². The van der Waals surface area contributed by atoms with Crippen molar-refractivity contribution in [2.75, 3.05) is 14.2 Å². The number of aliphatic imine (C=N–C) groups is 1. The number of halogens is 2. The summed E-state index contributed by atoms with van der Waals surface area (Å²) in [6.07, 6.45) is 1.72. The van der Waals surface area contributed by atoms with E-state index in [1.165, 1.54) is 13.2 Å². The van der Waals surface area contributed by atoms with Crippen LogP contribution < -0.4 is 20.1 Å². The van der Waals surface area contributed by atoms with Gasteiger partial charge in [-0.2, -0.15) is 8.78 Å². The lowest BCUT2D eigenvalue weighted by molar-refractivity contribution is -0.0512. The highest BCUT2D eigenvalue weighted by Gasteiger charge is 2.19. The molecule has 0 fully saturated rings. The summed E-state index contributed by atoms with van der Waals surface area (Å²) in [4.78, 5) is 8.38. The molecule has 0 atom stereocenters. The maximum Gasteiger partial charge on any atom is 0.387 e. The first kappa shape index (κ1) is 21.5. The van der Waals surface area contributed by atoms with E-state index in [2.05, 4.69) is 25.3 Å². The molecule has 0 spiro atoms. The fourth-order valence-corrected chi connectivity index (χ4v) is 2.32. The Balaban J connectivity index is 1.94. The topological polar surface area (TPSA) is 80.9 Å². The van der Waals surface area contributed by atoms with Crippen LogP contribution in [0.4, 0.5) is 8.78 Å². The van der Waals surface area contributed by atoms with Gasteiger partial charge in [0, 0.05) is 19.0 Å². The number of nitrogens with one attached hydrogen (secondary N) is 2. The molecule has 1 heterocycles. The smallest absolute Gasteiger partial charge is 0.387 e. The predicted molar refractivity (Wildman–Crippen MR) is 102 cm³/mol. The van der Waals surface area contributed by atoms with E-state index in [0.29, 0.717) is 24.9 Å². The van der Waals surface area contributed by atoms with E-state index in [-0.39, 0.29) is 16.9 Å². The first-order valence-electron chi connectivity index (χ1n) is 8.74. The van der Waals surface area contributed by atoms with Gasteiger partial charge in [0.2, 0.25) is 5.89 Å². The first-order valence-corrected chi connectivity index (χ1v) is 8.74. The van der Waals surface area contributed by atoms with E-state index in [9.17, 15) is 8.78 Å². The minimum Gasteiger partial charge on any atom is -0.493 e. The van der Waals surface area contributed by atoms with E-state index in [1.54, 1.807) is 25.4 Å². The molecule has 28 heavy (non-hydrogen) atoms. The Bertz CT molecular complexity index is 801. The number of rotatable bonds is 7. The molecule has 0 radical (unpaired) electrons. The van der Waals surface area contributed by atoms with Gasteiger partial charge in [-0.1, -0.05) is 26.8 Å². The van der Waals surface area contributed by atoms with Gasteiger partial charge in [-0.15, -0.1) is 0 Å². The third kappa shape index (κ3) is 6.11. The fraction of sp³-hybridized carbons (Fsp3) is 0.474. The molecule has 2 aromatic rings. The summed E-state index contributed by atoms with van der Waals surface area (Å²) < 4.78 is 40.3. The number of guanidine groups is 1. The number of hydrogen-bond donors (Lipinski definition) is 2. The normalized spacial score (nSPS) is 12.2. The highest BCUT2D eigenvalue weighted by atomic mass is 19.3. The second kappa shape index (κ2) is 9.38. The highest BCUT2D eigenvalue weighted by molar-refractivity contribution is 5.79. The first-order chi connectivity index (χ1) is 13.2. The van der Waals surface area contributed by atoms with E-state index in [1.807, 2.05) is 20.8 Å². The van der Waals surface area contributed by atoms with Crippen LogP contribution in [0.5, 0.6) is 11.5 Å². The van der Waals surface area contributed by atoms with Crippen LogP contribution in [0.15, 0.2) is 33.8 Å². The number of methoxy groups -OCH3 is 1. The standard InChI is InChI=1S/C19H26F2N4O3/c1-19(2,3)15-10-23-16(28-15)11-25-18(22-4)24-9-12-6-7-13(26-5)14(8-12)27-17(20)21/h6-8,10,17H,9,11H2,1-5H3,(H2,22,24,25). The van der Waals surface area contributed by atoms with Gasteiger partial charge in [0.1, 0.15) is 5.76 Å². The Morgan fingerprint density at radius 1 is 1.21 bits per heavy atom. The number of benzene rings is 1. The lowest BCUT2D eigenvalue weighted by atomic mass is 9.94. The van der Waals surface area contributed by atoms with Crippen LogP contribution in [0.3, 0.4) is 0 Å². The van der Waals surface area contributed by atoms with Crippen LogP contribution >= 0.6 is 0 Å². The summed E-state index contributed by atoms with van der Waals surface area (Å²) in [5.41, 5.74) is 0.614. The average molecular weight is 396 g/mol. The molecule has 0 aliphatic rings. The second-order valence-electron chi connectivity index (χ2n) is 7.01. The summed E-state index contributed by atoms with van der Waals surface area (Å²) in [5.74, 6) is 2.09. The third-order valence-corrected chi connectivity index (χ3v) is 3.83. The lowest BCUT2D eigenvalue weighted by Gasteiger charge is -2.14. The predicted octanol–water partition coefficient (Wildman–Crippen LogP) is 3.45. The monoisotopic (exact) mass is 396 g/mol. The maximum absolute atomic E-state index is 12.5. The molecule has 154 valence electrons. The van der Waals surface area contributed by atoms with E-state index < -0.39 is 6.61 Å². The van der Waals surface area contributed by atoms with Gasteiger partial charge in [-0.05, 0) is 17.7 Å². The van der Waals surface area contributed by atoms with Gasteiger partial charge in [0.25, 0.3) is 0 Å². The fourth-order valence-electron chi connectivity index (χ4n) is 2.32. The molecule has 0 unspecified atom stereocenters. The van der Waals surface area contributed by atoms with Crippen LogP contribution in [-0.2, 0) is 18.5 Å². The van der Waals surface area contributed by atoms with Crippen molar-refractivity contribution >= 4 is 5.96 Å². The number of aromatic nitrogens is 1. The van der Waals surface area contributed by atoms with Gasteiger partial charge in [0.15, 0.2) is 17.5 Å².